The maximum Gasteiger partial charge on any atom is 0.220 e. The number of rotatable bonds is 33. The molecular formula is C52H85NO18. The van der Waals surface area contributed by atoms with Gasteiger partial charge in [-0.05, 0) is 64.2 Å². The summed E-state index contributed by atoms with van der Waals surface area (Å²) < 4.78 is 33.8. The van der Waals surface area contributed by atoms with Gasteiger partial charge in [0.1, 0.15) is 73.2 Å². The second kappa shape index (κ2) is 36.0. The summed E-state index contributed by atoms with van der Waals surface area (Å²) in [5.74, 6) is -0.319. The van der Waals surface area contributed by atoms with E-state index in [4.69, 9.17) is 28.4 Å². The quantitative estimate of drug-likeness (QED) is 0.0329. The number of nitrogens with one attached hydrogen (secondary N) is 1. The van der Waals surface area contributed by atoms with Crippen molar-refractivity contribution in [2.24, 2.45) is 0 Å². The van der Waals surface area contributed by atoms with Gasteiger partial charge in [-0.15, -0.1) is 0 Å². The third kappa shape index (κ3) is 21.8. The van der Waals surface area contributed by atoms with Crippen LogP contribution in [0, 0.1) is 0 Å². The molecule has 17 unspecified atom stereocenters. The van der Waals surface area contributed by atoms with Gasteiger partial charge in [0.05, 0.1) is 38.6 Å². The minimum atomic E-state index is -1.98. The number of allylic oxidation sites excluding steroid dienone is 13. The van der Waals surface area contributed by atoms with E-state index in [0.29, 0.717) is 12.8 Å². The number of aliphatic hydroxyl groups excluding tert-OH is 11. The van der Waals surface area contributed by atoms with Gasteiger partial charge in [-0.2, -0.15) is 0 Å². The van der Waals surface area contributed by atoms with Crippen LogP contribution in [0.25, 0.3) is 0 Å². The van der Waals surface area contributed by atoms with Gasteiger partial charge in [0.2, 0.25) is 5.91 Å². The highest BCUT2D eigenvalue weighted by atomic mass is 16.8. The smallest absolute Gasteiger partial charge is 0.220 e. The lowest BCUT2D eigenvalue weighted by Gasteiger charge is -2.48. The Bertz CT molecular complexity index is 1630. The Hall–Kier alpha value is -3.03. The average Bonchev–Trinajstić information content (AvgIpc) is 3.36. The van der Waals surface area contributed by atoms with Crippen LogP contribution in [0.5, 0.6) is 0 Å². The Morgan fingerprint density at radius 1 is 0.521 bits per heavy atom. The summed E-state index contributed by atoms with van der Waals surface area (Å²) in [5.41, 5.74) is 0. The normalized spacial score (nSPS) is 33.0. The van der Waals surface area contributed by atoms with Gasteiger partial charge in [0.15, 0.2) is 18.9 Å². The molecule has 3 fully saturated rings. The van der Waals surface area contributed by atoms with E-state index in [9.17, 15) is 61.0 Å². The van der Waals surface area contributed by atoms with E-state index >= 15 is 0 Å². The molecule has 0 bridgehead atoms. The zero-order chi connectivity index (χ0) is 52.0. The number of hydrogen-bond donors (Lipinski definition) is 12. The maximum atomic E-state index is 13.1. The minimum absolute atomic E-state index is 0.205. The first kappa shape index (κ1) is 62.3. The van der Waals surface area contributed by atoms with Gasteiger partial charge in [0.25, 0.3) is 0 Å². The number of hydrogen-bond acceptors (Lipinski definition) is 18. The first-order valence-corrected chi connectivity index (χ1v) is 25.3. The van der Waals surface area contributed by atoms with Crippen LogP contribution in [0.15, 0.2) is 85.1 Å². The molecule has 0 radical (unpaired) electrons. The van der Waals surface area contributed by atoms with Gasteiger partial charge >= 0.3 is 0 Å². The van der Waals surface area contributed by atoms with E-state index in [1.165, 1.54) is 6.08 Å². The van der Waals surface area contributed by atoms with Crippen molar-refractivity contribution >= 4 is 5.91 Å². The molecule has 0 saturated carbocycles. The lowest BCUT2D eigenvalue weighted by Crippen LogP contribution is -2.66. The van der Waals surface area contributed by atoms with Crippen molar-refractivity contribution in [3.63, 3.8) is 0 Å². The molecule has 1 amide bonds. The van der Waals surface area contributed by atoms with E-state index in [2.05, 4.69) is 85.2 Å². The third-order valence-electron chi connectivity index (χ3n) is 12.2. The van der Waals surface area contributed by atoms with Crippen LogP contribution in [0.2, 0.25) is 0 Å². The molecule has 0 aliphatic carbocycles. The molecule has 3 rings (SSSR count). The molecule has 0 spiro atoms. The highest BCUT2D eigenvalue weighted by Crippen LogP contribution is 2.33. The molecule has 19 nitrogen and oxygen atoms in total. The predicted molar refractivity (Wildman–Crippen MR) is 263 cm³/mol. The number of carbonyl (C=O) groups excluding carboxylic acids is 1. The summed E-state index contributed by atoms with van der Waals surface area (Å²) in [6, 6.07) is -0.987. The van der Waals surface area contributed by atoms with Crippen molar-refractivity contribution in [3.8, 4) is 0 Å². The van der Waals surface area contributed by atoms with E-state index in [1.807, 2.05) is 6.92 Å². The Labute approximate surface area is 419 Å². The maximum absolute atomic E-state index is 13.1. The Kier molecular flexibility index (Phi) is 31.6. The monoisotopic (exact) mass is 1010 g/mol. The number of amides is 1. The average molecular weight is 1010 g/mol. The SMILES string of the molecule is CC/C=C\C/C=C\C/C=C\C/C=C\C/C=C\C/C=C\CCCCCCC(=O)NC(COC1OC(CO)C(OC2OC(CO)C(OC3OC(CO)C(O)C(O)C3O)C(O)C2O)C(O)C1O)C(O)/C=C/CCC. The van der Waals surface area contributed by atoms with Crippen molar-refractivity contribution in [1.82, 2.24) is 5.32 Å². The van der Waals surface area contributed by atoms with Crippen molar-refractivity contribution in [2.45, 2.75) is 208 Å². The fourth-order valence-electron chi connectivity index (χ4n) is 7.96. The zero-order valence-corrected chi connectivity index (χ0v) is 41.4. The van der Waals surface area contributed by atoms with Crippen molar-refractivity contribution < 1.29 is 89.4 Å². The molecule has 3 saturated heterocycles. The van der Waals surface area contributed by atoms with Gasteiger partial charge in [-0.25, -0.2) is 0 Å². The molecule has 71 heavy (non-hydrogen) atoms. The van der Waals surface area contributed by atoms with Crippen LogP contribution in [0.3, 0.4) is 0 Å². The van der Waals surface area contributed by atoms with Crippen LogP contribution in [-0.2, 0) is 33.2 Å². The Morgan fingerprint density at radius 2 is 0.972 bits per heavy atom. The van der Waals surface area contributed by atoms with Crippen molar-refractivity contribution in [2.75, 3.05) is 26.4 Å². The molecule has 3 heterocycles. The molecule has 12 N–H and O–H groups in total. The molecule has 3 aliphatic heterocycles. The summed E-state index contributed by atoms with van der Waals surface area (Å²) in [5, 5.41) is 119. The van der Waals surface area contributed by atoms with Crippen molar-refractivity contribution in [1.29, 1.82) is 0 Å². The molecule has 406 valence electrons. The van der Waals surface area contributed by atoms with Crippen LogP contribution < -0.4 is 5.32 Å². The van der Waals surface area contributed by atoms with Crippen LogP contribution in [-0.4, -0.2) is 193 Å². The molecule has 0 aromatic heterocycles. The molecular weight excluding hydrogens is 927 g/mol. The fourth-order valence-corrected chi connectivity index (χ4v) is 7.96. The summed E-state index contributed by atoms with van der Waals surface area (Å²) in [6.07, 6.45) is 14.2. The summed E-state index contributed by atoms with van der Waals surface area (Å²) in [6.45, 7) is 1.29. The van der Waals surface area contributed by atoms with Crippen LogP contribution in [0.4, 0.5) is 0 Å². The summed E-state index contributed by atoms with van der Waals surface area (Å²) >= 11 is 0. The van der Waals surface area contributed by atoms with Gasteiger partial charge in [-0.1, -0.05) is 118 Å². The number of aliphatic hydroxyl groups is 11. The highest BCUT2D eigenvalue weighted by molar-refractivity contribution is 5.76. The highest BCUT2D eigenvalue weighted by Gasteiger charge is 2.53. The standard InChI is InChI=1S/C52H85NO18/c1-3-5-7-8-9-10-11-12-13-14-15-16-17-18-19-20-21-22-23-24-25-26-28-30-40(58)53-35(36(57)29-27-6-4-2)34-66-50-46(64)43(61)48(38(32-55)68-50)71-52-47(65)44(62)49(39(33-56)69-52)70-51-45(63)42(60)41(59)37(31-54)67-51/h5,7,9-10,12-13,15-16,18-19,21-22,27,29,35-39,41-52,54-57,59-65H,3-4,6,8,11,14,17,20,23-26,28,30-34H2,1-2H3,(H,53,58)/b7-5-,10-9-,13-12-,16-15-,19-18-,22-21-,29-27+. The third-order valence-corrected chi connectivity index (χ3v) is 12.2. The van der Waals surface area contributed by atoms with Crippen molar-refractivity contribution in [3.05, 3.63) is 85.1 Å². The first-order valence-electron chi connectivity index (χ1n) is 25.3. The molecule has 19 heteroatoms. The fraction of sp³-hybridized carbons (Fsp3) is 0.712. The second-order valence-corrected chi connectivity index (χ2v) is 17.9. The number of ether oxygens (including phenoxy) is 6. The lowest BCUT2D eigenvalue weighted by molar-refractivity contribution is -0.379. The van der Waals surface area contributed by atoms with Crippen LogP contribution in [0.1, 0.15) is 104 Å². The number of unbranched alkanes of at least 4 members (excludes halogenated alkanes) is 5. The van der Waals surface area contributed by atoms with Gasteiger partial charge in [-0.3, -0.25) is 4.79 Å². The Balaban J connectivity index is 1.42. The number of carbonyl (C=O) groups is 1. The Morgan fingerprint density at radius 3 is 1.48 bits per heavy atom. The van der Waals surface area contributed by atoms with E-state index in [1.54, 1.807) is 6.08 Å². The predicted octanol–water partition coefficient (Wildman–Crippen LogP) is 1.69. The summed E-state index contributed by atoms with van der Waals surface area (Å²) in [4.78, 5) is 13.1. The van der Waals surface area contributed by atoms with Gasteiger partial charge in [0, 0.05) is 6.42 Å². The second-order valence-electron chi connectivity index (χ2n) is 17.9. The van der Waals surface area contributed by atoms with E-state index in [0.717, 1.165) is 70.6 Å². The topological polar surface area (TPSA) is 307 Å². The minimum Gasteiger partial charge on any atom is -0.394 e. The van der Waals surface area contributed by atoms with E-state index in [-0.39, 0.29) is 18.9 Å². The summed E-state index contributed by atoms with van der Waals surface area (Å²) in [7, 11) is 0. The largest absolute Gasteiger partial charge is 0.394 e. The van der Waals surface area contributed by atoms with Gasteiger partial charge < -0.3 is 89.9 Å². The zero-order valence-electron chi connectivity index (χ0n) is 41.4. The van der Waals surface area contributed by atoms with E-state index < -0.39 is 124 Å². The molecule has 0 aromatic rings. The van der Waals surface area contributed by atoms with Crippen LogP contribution >= 0.6 is 0 Å². The lowest BCUT2D eigenvalue weighted by atomic mass is 9.96. The molecule has 3 aliphatic rings. The first-order chi connectivity index (χ1) is 34.3. The molecule has 17 atom stereocenters. The molecule has 0 aromatic carbocycles.